The molecule has 20 heavy (non-hydrogen) atoms. The molecule has 0 fully saturated rings. The van der Waals surface area contributed by atoms with E-state index < -0.39 is 0 Å². The summed E-state index contributed by atoms with van der Waals surface area (Å²) in [6, 6.07) is 12.4. The predicted octanol–water partition coefficient (Wildman–Crippen LogP) is 2.84. The van der Waals surface area contributed by atoms with Gasteiger partial charge in [-0.05, 0) is 23.8 Å². The van der Waals surface area contributed by atoms with Crippen molar-refractivity contribution in [2.24, 2.45) is 0 Å². The molecule has 102 valence electrons. The zero-order valence-electron chi connectivity index (χ0n) is 11.0. The minimum Gasteiger partial charge on any atom is -0.508 e. The number of benzene rings is 2. The molecule has 2 aromatic carbocycles. The standard InChI is InChI=1S/C16H14O4/c1-19-12-6-7-13-14(9-16(18)20-15(13)8-12)10-2-4-11(17)5-3-10/h2-8,14,17H,9H2,1H3. The van der Waals surface area contributed by atoms with E-state index in [0.717, 1.165) is 11.1 Å². The Morgan fingerprint density at radius 2 is 1.95 bits per heavy atom. The molecule has 0 spiro atoms. The number of esters is 1. The van der Waals surface area contributed by atoms with Crippen molar-refractivity contribution in [2.75, 3.05) is 7.11 Å². The topological polar surface area (TPSA) is 55.8 Å². The highest BCUT2D eigenvalue weighted by molar-refractivity contribution is 5.78. The molecule has 2 aromatic rings. The Bertz CT molecular complexity index is 646. The van der Waals surface area contributed by atoms with E-state index in [4.69, 9.17) is 9.47 Å². The molecule has 4 nitrogen and oxygen atoms in total. The lowest BCUT2D eigenvalue weighted by Crippen LogP contribution is -2.20. The SMILES string of the molecule is COc1ccc2c(c1)OC(=O)CC2c1ccc(O)cc1. The van der Waals surface area contributed by atoms with Crippen LogP contribution in [0.15, 0.2) is 42.5 Å². The van der Waals surface area contributed by atoms with E-state index in [0.29, 0.717) is 17.9 Å². The van der Waals surface area contributed by atoms with Crippen LogP contribution in [0.25, 0.3) is 0 Å². The Balaban J connectivity index is 2.05. The molecule has 0 bridgehead atoms. The molecule has 0 aromatic heterocycles. The zero-order valence-corrected chi connectivity index (χ0v) is 11.0. The molecule has 0 aliphatic carbocycles. The van der Waals surface area contributed by atoms with Crippen LogP contribution in [-0.4, -0.2) is 18.2 Å². The summed E-state index contributed by atoms with van der Waals surface area (Å²) in [6.07, 6.45) is 0.296. The number of rotatable bonds is 2. The first-order valence-electron chi connectivity index (χ1n) is 6.35. The Kier molecular flexibility index (Phi) is 3.06. The van der Waals surface area contributed by atoms with Crippen LogP contribution in [0, 0.1) is 0 Å². The molecular weight excluding hydrogens is 256 g/mol. The molecule has 1 N–H and O–H groups in total. The fourth-order valence-electron chi connectivity index (χ4n) is 2.46. The largest absolute Gasteiger partial charge is 0.508 e. The molecule has 0 saturated carbocycles. The van der Waals surface area contributed by atoms with Gasteiger partial charge in [-0.2, -0.15) is 0 Å². The van der Waals surface area contributed by atoms with Crippen molar-refractivity contribution < 1.29 is 19.4 Å². The van der Waals surface area contributed by atoms with Gasteiger partial charge in [-0.25, -0.2) is 0 Å². The van der Waals surface area contributed by atoms with Crippen molar-refractivity contribution in [1.29, 1.82) is 0 Å². The average Bonchev–Trinajstić information content (AvgIpc) is 2.46. The van der Waals surface area contributed by atoms with Crippen LogP contribution in [0.5, 0.6) is 17.2 Å². The smallest absolute Gasteiger partial charge is 0.312 e. The molecule has 4 heteroatoms. The van der Waals surface area contributed by atoms with Crippen molar-refractivity contribution in [2.45, 2.75) is 12.3 Å². The number of fused-ring (bicyclic) bond motifs is 1. The van der Waals surface area contributed by atoms with Gasteiger partial charge < -0.3 is 14.6 Å². The number of methoxy groups -OCH3 is 1. The highest BCUT2D eigenvalue weighted by Crippen LogP contribution is 2.40. The fraction of sp³-hybridized carbons (Fsp3) is 0.188. The molecule has 1 atom stereocenters. The van der Waals surface area contributed by atoms with Crippen LogP contribution < -0.4 is 9.47 Å². The predicted molar refractivity (Wildman–Crippen MR) is 73.2 cm³/mol. The number of ether oxygens (including phenoxy) is 2. The van der Waals surface area contributed by atoms with Crippen molar-refractivity contribution in [3.05, 3.63) is 53.6 Å². The molecule has 0 radical (unpaired) electrons. The lowest BCUT2D eigenvalue weighted by molar-refractivity contribution is -0.135. The maximum absolute atomic E-state index is 11.8. The van der Waals surface area contributed by atoms with Gasteiger partial charge >= 0.3 is 5.97 Å². The second-order valence-corrected chi connectivity index (χ2v) is 4.73. The van der Waals surface area contributed by atoms with Crippen LogP contribution in [0.2, 0.25) is 0 Å². The molecule has 1 unspecified atom stereocenters. The summed E-state index contributed by atoms with van der Waals surface area (Å²) >= 11 is 0. The Morgan fingerprint density at radius 3 is 2.65 bits per heavy atom. The summed E-state index contributed by atoms with van der Waals surface area (Å²) in [5.74, 6) is 1.09. The molecule has 1 heterocycles. The Labute approximate surface area is 116 Å². The molecule has 0 saturated heterocycles. The van der Waals surface area contributed by atoms with Crippen LogP contribution >= 0.6 is 0 Å². The third-order valence-electron chi connectivity index (χ3n) is 3.49. The van der Waals surface area contributed by atoms with Crippen LogP contribution in [0.4, 0.5) is 0 Å². The van der Waals surface area contributed by atoms with Gasteiger partial charge in [0.2, 0.25) is 0 Å². The number of phenols is 1. The summed E-state index contributed by atoms with van der Waals surface area (Å²) in [5.41, 5.74) is 1.93. The summed E-state index contributed by atoms with van der Waals surface area (Å²) in [4.78, 5) is 11.8. The molecule has 1 aliphatic rings. The minimum atomic E-state index is -0.260. The van der Waals surface area contributed by atoms with E-state index in [1.807, 2.05) is 24.3 Å². The van der Waals surface area contributed by atoms with Gasteiger partial charge in [-0.15, -0.1) is 0 Å². The van der Waals surface area contributed by atoms with E-state index in [9.17, 15) is 9.90 Å². The van der Waals surface area contributed by atoms with Crippen LogP contribution in [0.1, 0.15) is 23.5 Å². The summed E-state index contributed by atoms with van der Waals surface area (Å²) in [6.45, 7) is 0. The first kappa shape index (κ1) is 12.5. The maximum Gasteiger partial charge on any atom is 0.312 e. The highest BCUT2D eigenvalue weighted by atomic mass is 16.5. The van der Waals surface area contributed by atoms with Crippen molar-refractivity contribution in [3.63, 3.8) is 0 Å². The monoisotopic (exact) mass is 270 g/mol. The first-order chi connectivity index (χ1) is 9.67. The van der Waals surface area contributed by atoms with Crippen LogP contribution in [-0.2, 0) is 4.79 Å². The third-order valence-corrected chi connectivity index (χ3v) is 3.49. The van der Waals surface area contributed by atoms with E-state index in [1.54, 1.807) is 25.3 Å². The van der Waals surface area contributed by atoms with Crippen molar-refractivity contribution in [3.8, 4) is 17.2 Å². The number of aromatic hydroxyl groups is 1. The van der Waals surface area contributed by atoms with Gasteiger partial charge in [-0.3, -0.25) is 4.79 Å². The van der Waals surface area contributed by atoms with Gasteiger partial charge in [-0.1, -0.05) is 18.2 Å². The number of hydrogen-bond donors (Lipinski definition) is 1. The molecule has 3 rings (SSSR count). The van der Waals surface area contributed by atoms with Gasteiger partial charge in [0.1, 0.15) is 17.2 Å². The minimum absolute atomic E-state index is 0.0576. The van der Waals surface area contributed by atoms with E-state index in [-0.39, 0.29) is 17.6 Å². The molecule has 0 amide bonds. The summed E-state index contributed by atoms with van der Waals surface area (Å²) in [5, 5.41) is 9.36. The Hall–Kier alpha value is -2.49. The fourth-order valence-corrected chi connectivity index (χ4v) is 2.46. The molecule has 1 aliphatic heterocycles. The zero-order chi connectivity index (χ0) is 14.1. The third kappa shape index (κ3) is 2.20. The van der Waals surface area contributed by atoms with Gasteiger partial charge in [0, 0.05) is 17.5 Å². The second kappa shape index (κ2) is 4.89. The normalized spacial score (nSPS) is 17.2. The van der Waals surface area contributed by atoms with E-state index in [2.05, 4.69) is 0 Å². The van der Waals surface area contributed by atoms with Gasteiger partial charge in [0.05, 0.1) is 13.5 Å². The molecular formula is C16H14O4. The quantitative estimate of drug-likeness (QED) is 0.673. The summed E-state index contributed by atoms with van der Waals surface area (Å²) in [7, 11) is 1.57. The van der Waals surface area contributed by atoms with Crippen molar-refractivity contribution in [1.82, 2.24) is 0 Å². The number of carbonyl (C=O) groups is 1. The lowest BCUT2D eigenvalue weighted by Gasteiger charge is -2.25. The highest BCUT2D eigenvalue weighted by Gasteiger charge is 2.28. The van der Waals surface area contributed by atoms with E-state index >= 15 is 0 Å². The first-order valence-corrected chi connectivity index (χ1v) is 6.35. The van der Waals surface area contributed by atoms with Gasteiger partial charge in [0.15, 0.2) is 0 Å². The van der Waals surface area contributed by atoms with Gasteiger partial charge in [0.25, 0.3) is 0 Å². The number of hydrogen-bond acceptors (Lipinski definition) is 4. The summed E-state index contributed by atoms with van der Waals surface area (Å²) < 4.78 is 10.4. The average molecular weight is 270 g/mol. The number of carbonyl (C=O) groups excluding carboxylic acids is 1. The lowest BCUT2D eigenvalue weighted by atomic mass is 9.86. The maximum atomic E-state index is 11.8. The number of phenolic OH excluding ortho intramolecular Hbond substituents is 1. The van der Waals surface area contributed by atoms with Crippen molar-refractivity contribution >= 4 is 5.97 Å². The van der Waals surface area contributed by atoms with E-state index in [1.165, 1.54) is 0 Å². The second-order valence-electron chi connectivity index (χ2n) is 4.73. The van der Waals surface area contributed by atoms with Crippen LogP contribution in [0.3, 0.4) is 0 Å². The Morgan fingerprint density at radius 1 is 1.20 bits per heavy atom.